The third-order valence-corrected chi connectivity index (χ3v) is 22.4. The van der Waals surface area contributed by atoms with E-state index in [0.29, 0.717) is 0 Å². The second-order valence-corrected chi connectivity index (χ2v) is 31.0. The van der Waals surface area contributed by atoms with Gasteiger partial charge in [-0.1, -0.05) is 0 Å². The average molecular weight is 1790 g/mol. The number of amides is 4. The van der Waals surface area contributed by atoms with Crippen LogP contribution in [-0.2, 0) is 109 Å². The summed E-state index contributed by atoms with van der Waals surface area (Å²) in [5.41, 5.74) is 0. The lowest BCUT2D eigenvalue weighted by atomic mass is 9.93. The normalized spacial score (nSPS) is 49.7. The molecule has 10 fully saturated rings. The van der Waals surface area contributed by atoms with E-state index in [4.69, 9.17) is 90.0 Å². The molecule has 54 heteroatoms. The zero-order chi connectivity index (χ0) is 89.8. The van der Waals surface area contributed by atoms with Crippen LogP contribution >= 0.6 is 0 Å². The lowest BCUT2D eigenvalue weighted by molar-refractivity contribution is -0.407. The van der Waals surface area contributed by atoms with Crippen LogP contribution in [0.3, 0.4) is 0 Å². The molecule has 10 heterocycles. The van der Waals surface area contributed by atoms with E-state index in [2.05, 4.69) is 21.3 Å². The summed E-state index contributed by atoms with van der Waals surface area (Å²) in [7, 11) is 0. The Morgan fingerprint density at radius 2 is 0.516 bits per heavy atom. The molecule has 10 rings (SSSR count). The van der Waals surface area contributed by atoms with E-state index < -0.39 is 390 Å². The molecule has 10 saturated heterocycles. The van der Waals surface area contributed by atoms with Crippen LogP contribution in [0.25, 0.3) is 0 Å². The molecule has 0 aliphatic carbocycles. The van der Waals surface area contributed by atoms with Gasteiger partial charge in [0.1, 0.15) is 238 Å². The molecule has 0 aromatic carbocycles. The fourth-order valence-electron chi connectivity index (χ4n) is 15.7. The third-order valence-electron chi connectivity index (χ3n) is 22.4. The van der Waals surface area contributed by atoms with Gasteiger partial charge in [-0.3, -0.25) is 19.2 Å². The third kappa shape index (κ3) is 22.2. The highest BCUT2D eigenvalue weighted by atomic mass is 16.8. The largest absolute Gasteiger partial charge is 0.394 e. The van der Waals surface area contributed by atoms with Gasteiger partial charge in [0.05, 0.1) is 65.6 Å². The van der Waals surface area contributed by atoms with Gasteiger partial charge in [0, 0.05) is 27.7 Å². The number of ether oxygens (including phenoxy) is 19. The fourth-order valence-corrected chi connectivity index (χ4v) is 15.7. The van der Waals surface area contributed by atoms with Crippen LogP contribution < -0.4 is 21.3 Å². The standard InChI is InChI=1S/C68H114N4O50/c1-15-33(83)44(94)48(98)63(107-15)105-13-27-54(42(92)29(59(103)108-27)69-16(2)79)117-62-32(72-19(5)82)43(93)53(25(11-78)114-62)118-67-52(102)57(121-68-58(47(97)38(88)24(10-77)113-68)122-61-31(71-18(4)81)41(91)35(85)21(7-74)110-61)55(119-60-30(70-17(3)80)40(90)34(84)20(6-73)109-60)28(116-67)14-106-65-51(101)56(120-66-50(100)46(96)37(87)23(9-76)112-66)39(89)26(115-65)12-104-64-49(99)45(95)36(86)22(8-75)111-64/h15,20-68,73-78,83-103H,6-14H2,1-5H3,(H,69,79)(H,70,80)(H,71,81)(H,72,82)/t15-,20+,21+,22+,23+,24+,25+,26+,27+,28+,29+,30+,31+,32+,33+,34+,35+,36+,37+,38+,39+,40+,41+,42+,43+,44+,45-,46-,47-,48-,49-,50-,51-,52-,53+,54+,55+,56-,57+,58-,59+,60-,61-,62-,63+,64-,65-,66+,67-,68+/m0/s1. The number of hydrogen-bond acceptors (Lipinski definition) is 50. The summed E-state index contributed by atoms with van der Waals surface area (Å²) >= 11 is 0. The maximum absolute atomic E-state index is 13.4. The molecule has 0 spiro atoms. The monoisotopic (exact) mass is 1790 g/mol. The van der Waals surface area contributed by atoms with Gasteiger partial charge in [0.2, 0.25) is 23.6 Å². The molecule has 50 atom stereocenters. The lowest BCUT2D eigenvalue weighted by Crippen LogP contribution is -2.71. The van der Waals surface area contributed by atoms with Gasteiger partial charge in [-0.25, -0.2) is 0 Å². The van der Waals surface area contributed by atoms with Crippen molar-refractivity contribution in [3.63, 3.8) is 0 Å². The first kappa shape index (κ1) is 100. The SMILES string of the molecule is CC(=O)N[C@@H]1[C@@H](O)[C@H](O[C@@H]2O[C@H](CO)[C@@H](O[C@@H]3O[C@H](CO[C@H]4O[C@H](CO[C@H]5O[C@H](CO)[C@@H](O)[C@H](O)[C@@H]5O)[C@@H](O)[C@H](O[C@H]5O[C@H](CO)[C@@H](O)[C@H](O)[C@@H]5O)[C@@H]4O)[C@@H](O[C@@H]4O[C@H](CO)[C@@H](O)[C@H](O)[C@H]4NC(C)=O)[C@H](O[C@H]4O[C@H](CO)[C@@H](O)[C@H](O)[C@@H]4O[C@@H]4O[C@H](CO)[C@@H](O)[C@H](O)[C@H]4NC(C)=O)[C@@H]3O)[C@H](O)[C@H]2NC(C)=O)[C@@H](CO[C@@H]2O[C@@H](C)[C@@H](O)[C@@H](O)[C@@H]2O)O[C@H]1O. The summed E-state index contributed by atoms with van der Waals surface area (Å²) in [6.45, 7) is -5.15. The summed E-state index contributed by atoms with van der Waals surface area (Å²) in [6.07, 6.45) is -98.3. The van der Waals surface area contributed by atoms with Crippen molar-refractivity contribution < 1.29 is 247 Å². The van der Waals surface area contributed by atoms with Crippen LogP contribution in [0.1, 0.15) is 34.6 Å². The van der Waals surface area contributed by atoms with Crippen molar-refractivity contribution >= 4 is 23.6 Å². The van der Waals surface area contributed by atoms with Crippen molar-refractivity contribution in [1.29, 1.82) is 0 Å². The zero-order valence-corrected chi connectivity index (χ0v) is 65.7. The van der Waals surface area contributed by atoms with Gasteiger partial charge < -0.3 is 249 Å². The van der Waals surface area contributed by atoms with E-state index in [1.54, 1.807) is 0 Å². The van der Waals surface area contributed by atoms with Crippen LogP contribution in [0, 0.1) is 0 Å². The average Bonchev–Trinajstić information content (AvgIpc) is 0.753. The Kier molecular flexibility index (Phi) is 35.8. The summed E-state index contributed by atoms with van der Waals surface area (Å²) in [6, 6.07) is -7.78. The van der Waals surface area contributed by atoms with Crippen LogP contribution in [0.2, 0.25) is 0 Å². The number of carbonyl (C=O) groups is 4. The molecule has 10 aliphatic rings. The first-order valence-corrected chi connectivity index (χ1v) is 39.0. The molecular weight excluding hydrogens is 1670 g/mol. The minimum absolute atomic E-state index is 0.863. The Bertz CT molecular complexity index is 3290. The second kappa shape index (κ2) is 43.6. The Labute approximate surface area is 691 Å². The van der Waals surface area contributed by atoms with Gasteiger partial charge >= 0.3 is 0 Å². The minimum Gasteiger partial charge on any atom is -0.394 e. The Balaban J connectivity index is 1.08. The van der Waals surface area contributed by atoms with Crippen molar-refractivity contribution in [3.05, 3.63) is 0 Å². The van der Waals surface area contributed by atoms with Gasteiger partial charge in [0.25, 0.3) is 0 Å². The van der Waals surface area contributed by atoms with E-state index in [0.717, 1.165) is 27.7 Å². The molecule has 0 aromatic heterocycles. The van der Waals surface area contributed by atoms with Crippen molar-refractivity contribution in [2.75, 3.05) is 59.5 Å². The molecule has 122 heavy (non-hydrogen) atoms. The second-order valence-electron chi connectivity index (χ2n) is 31.0. The molecule has 10 aliphatic heterocycles. The summed E-state index contributed by atoms with van der Waals surface area (Å²) < 4.78 is 115. The van der Waals surface area contributed by atoms with E-state index in [1.807, 2.05) is 0 Å². The Hall–Kier alpha value is -3.96. The van der Waals surface area contributed by atoms with Crippen LogP contribution in [0.4, 0.5) is 0 Å². The topological polar surface area (TPSA) is 838 Å². The van der Waals surface area contributed by atoms with E-state index >= 15 is 0 Å². The quantitative estimate of drug-likeness (QED) is 0.0306. The van der Waals surface area contributed by atoms with Crippen molar-refractivity contribution in [1.82, 2.24) is 21.3 Å². The molecule has 0 bridgehead atoms. The van der Waals surface area contributed by atoms with Gasteiger partial charge in [-0.05, 0) is 6.92 Å². The molecule has 0 saturated carbocycles. The molecule has 54 nitrogen and oxygen atoms in total. The van der Waals surface area contributed by atoms with Crippen LogP contribution in [0.5, 0.6) is 0 Å². The highest BCUT2D eigenvalue weighted by molar-refractivity contribution is 5.74. The van der Waals surface area contributed by atoms with Gasteiger partial charge in [-0.15, -0.1) is 0 Å². The molecule has 706 valence electrons. The number of nitrogens with one attached hydrogen (secondary N) is 4. The van der Waals surface area contributed by atoms with Gasteiger partial charge in [-0.2, -0.15) is 0 Å². The van der Waals surface area contributed by atoms with E-state index in [9.17, 15) is 157 Å². The minimum atomic E-state index is -2.75. The fraction of sp³-hybridized carbons (Fsp3) is 0.941. The predicted molar refractivity (Wildman–Crippen MR) is 375 cm³/mol. The first-order chi connectivity index (χ1) is 57.6. The smallest absolute Gasteiger partial charge is 0.217 e. The molecular formula is C68H114N4O50. The highest BCUT2D eigenvalue weighted by Crippen LogP contribution is 2.41. The molecule has 0 unspecified atom stereocenters. The van der Waals surface area contributed by atoms with Crippen molar-refractivity contribution in [2.24, 2.45) is 0 Å². The lowest BCUT2D eigenvalue weighted by Gasteiger charge is -2.52. The maximum Gasteiger partial charge on any atom is 0.217 e. The summed E-state index contributed by atoms with van der Waals surface area (Å²) in [5.74, 6) is -3.81. The van der Waals surface area contributed by atoms with Crippen molar-refractivity contribution in [3.8, 4) is 0 Å². The molecule has 4 amide bonds. The molecule has 31 N–H and O–H groups in total. The summed E-state index contributed by atoms with van der Waals surface area (Å²) in [4.78, 5) is 51.8. The van der Waals surface area contributed by atoms with E-state index in [1.165, 1.54) is 6.92 Å². The maximum atomic E-state index is 13.4. The number of aliphatic hydroxyl groups excluding tert-OH is 27. The highest BCUT2D eigenvalue weighted by Gasteiger charge is 2.62. The number of hydrogen-bond donors (Lipinski definition) is 31. The zero-order valence-electron chi connectivity index (χ0n) is 65.7. The first-order valence-electron chi connectivity index (χ1n) is 39.0. The number of carbonyl (C=O) groups excluding carboxylic acids is 4. The predicted octanol–water partition coefficient (Wildman–Crippen LogP) is -21.2. The molecule has 0 radical (unpaired) electrons. The number of aliphatic hydroxyl groups is 27. The Morgan fingerprint density at radius 3 is 0.992 bits per heavy atom. The van der Waals surface area contributed by atoms with Crippen LogP contribution in [0.15, 0.2) is 0 Å². The van der Waals surface area contributed by atoms with Crippen LogP contribution in [-0.4, -0.2) is 528 Å². The molecule has 0 aromatic rings. The number of rotatable bonds is 31. The summed E-state index contributed by atoms with van der Waals surface area (Å²) in [5, 5.41) is 312. The van der Waals surface area contributed by atoms with Gasteiger partial charge in [0.15, 0.2) is 62.9 Å². The van der Waals surface area contributed by atoms with Crippen molar-refractivity contribution in [2.45, 2.75) is 341 Å². The van der Waals surface area contributed by atoms with E-state index in [-0.39, 0.29) is 0 Å². The Morgan fingerprint density at radius 1 is 0.230 bits per heavy atom.